The number of nitrogens with one attached hydrogen (secondary N) is 3. The lowest BCUT2D eigenvalue weighted by molar-refractivity contribution is -0.127. The number of guanidine groups is 1. The number of hydrogen-bond acceptors (Lipinski definition) is 4. The number of carbonyl (C=O) groups is 1. The predicted molar refractivity (Wildman–Crippen MR) is 108 cm³/mol. The molecule has 3 N–H and O–H groups in total. The van der Waals surface area contributed by atoms with E-state index in [0.717, 1.165) is 62.6 Å². The van der Waals surface area contributed by atoms with Crippen molar-refractivity contribution in [3.63, 3.8) is 0 Å². The van der Waals surface area contributed by atoms with Crippen molar-refractivity contribution >= 4 is 11.9 Å². The van der Waals surface area contributed by atoms with Crippen LogP contribution in [0, 0.1) is 5.92 Å². The summed E-state index contributed by atoms with van der Waals surface area (Å²) in [6, 6.07) is 2.01. The number of aliphatic imine (C=N–C) groups is 1. The van der Waals surface area contributed by atoms with Gasteiger partial charge in [0.15, 0.2) is 11.7 Å². The standard InChI is InChI=1S/C20H35N5O2/c1-4-15(5-2)18-13-17(27-25-18)14-24-20(21-6-3)23-12-8-11-22-19(26)16-9-7-10-16/h13,15-16H,4-12,14H2,1-3H3,(H,22,26)(H2,21,23,24). The fraction of sp³-hybridized carbons (Fsp3) is 0.750. The molecule has 2 rings (SSSR count). The van der Waals surface area contributed by atoms with Gasteiger partial charge in [-0.25, -0.2) is 4.99 Å². The van der Waals surface area contributed by atoms with Crippen LogP contribution in [0.5, 0.6) is 0 Å². The molecule has 1 saturated carbocycles. The van der Waals surface area contributed by atoms with Gasteiger partial charge in [-0.3, -0.25) is 4.79 Å². The number of carbonyl (C=O) groups excluding carboxylic acids is 1. The second-order valence-electron chi connectivity index (χ2n) is 7.13. The zero-order valence-electron chi connectivity index (χ0n) is 17.0. The Hall–Kier alpha value is -2.05. The van der Waals surface area contributed by atoms with Crippen LogP contribution in [0.25, 0.3) is 0 Å². The molecule has 0 bridgehead atoms. The zero-order chi connectivity index (χ0) is 19.5. The first-order chi connectivity index (χ1) is 13.2. The summed E-state index contributed by atoms with van der Waals surface area (Å²) in [5.74, 6) is 2.45. The summed E-state index contributed by atoms with van der Waals surface area (Å²) < 4.78 is 5.43. The molecule has 27 heavy (non-hydrogen) atoms. The van der Waals surface area contributed by atoms with Gasteiger partial charge >= 0.3 is 0 Å². The fourth-order valence-corrected chi connectivity index (χ4v) is 3.12. The molecule has 1 fully saturated rings. The molecule has 0 atom stereocenters. The summed E-state index contributed by atoms with van der Waals surface area (Å²) in [6.07, 6.45) is 6.26. The van der Waals surface area contributed by atoms with Crippen LogP contribution in [0.1, 0.15) is 76.7 Å². The molecule has 0 spiro atoms. The van der Waals surface area contributed by atoms with Crippen molar-refractivity contribution in [1.82, 2.24) is 21.1 Å². The van der Waals surface area contributed by atoms with E-state index in [1.807, 2.05) is 13.0 Å². The van der Waals surface area contributed by atoms with Crippen molar-refractivity contribution in [3.05, 3.63) is 17.5 Å². The number of rotatable bonds is 11. The highest BCUT2D eigenvalue weighted by molar-refractivity contribution is 5.80. The second-order valence-corrected chi connectivity index (χ2v) is 7.13. The van der Waals surface area contributed by atoms with Crippen molar-refractivity contribution in [3.8, 4) is 0 Å². The Morgan fingerprint density at radius 1 is 1.22 bits per heavy atom. The van der Waals surface area contributed by atoms with Crippen molar-refractivity contribution in [2.75, 3.05) is 19.6 Å². The van der Waals surface area contributed by atoms with Crippen LogP contribution >= 0.6 is 0 Å². The molecule has 1 amide bonds. The van der Waals surface area contributed by atoms with E-state index < -0.39 is 0 Å². The Balaban J connectivity index is 1.72. The maximum atomic E-state index is 11.8. The van der Waals surface area contributed by atoms with Gasteiger partial charge in [0.1, 0.15) is 6.54 Å². The van der Waals surface area contributed by atoms with E-state index in [-0.39, 0.29) is 11.8 Å². The maximum Gasteiger partial charge on any atom is 0.223 e. The van der Waals surface area contributed by atoms with Crippen LogP contribution in [0.4, 0.5) is 0 Å². The minimum Gasteiger partial charge on any atom is -0.359 e. The summed E-state index contributed by atoms with van der Waals surface area (Å²) in [5, 5.41) is 13.7. The van der Waals surface area contributed by atoms with E-state index in [1.54, 1.807) is 0 Å². The number of nitrogens with zero attached hydrogens (tertiary/aromatic N) is 2. The molecule has 0 radical (unpaired) electrons. The summed E-state index contributed by atoms with van der Waals surface area (Å²) in [7, 11) is 0. The molecule has 7 heteroatoms. The Bertz CT molecular complexity index is 591. The van der Waals surface area contributed by atoms with Gasteiger partial charge in [-0.05, 0) is 39.0 Å². The average Bonchev–Trinajstić information content (AvgIpc) is 3.07. The Kier molecular flexibility index (Phi) is 9.15. The first kappa shape index (κ1) is 21.3. The average molecular weight is 378 g/mol. The highest BCUT2D eigenvalue weighted by atomic mass is 16.5. The first-order valence-corrected chi connectivity index (χ1v) is 10.4. The van der Waals surface area contributed by atoms with Gasteiger partial charge in [-0.15, -0.1) is 0 Å². The lowest BCUT2D eigenvalue weighted by Gasteiger charge is -2.24. The largest absolute Gasteiger partial charge is 0.359 e. The van der Waals surface area contributed by atoms with Crippen LogP contribution in [0.3, 0.4) is 0 Å². The van der Waals surface area contributed by atoms with Crippen molar-refractivity contribution in [2.24, 2.45) is 10.9 Å². The van der Waals surface area contributed by atoms with Crippen molar-refractivity contribution in [2.45, 2.75) is 71.8 Å². The Labute approximate surface area is 162 Å². The molecule has 0 aromatic carbocycles. The third-order valence-corrected chi connectivity index (χ3v) is 5.14. The summed E-state index contributed by atoms with van der Waals surface area (Å²) >= 11 is 0. The number of hydrogen-bond donors (Lipinski definition) is 3. The normalized spacial score (nSPS) is 14.9. The minimum atomic E-state index is 0.209. The summed E-state index contributed by atoms with van der Waals surface area (Å²) in [4.78, 5) is 16.4. The van der Waals surface area contributed by atoms with E-state index in [0.29, 0.717) is 19.0 Å². The topological polar surface area (TPSA) is 91.6 Å². The minimum absolute atomic E-state index is 0.209. The molecule has 152 valence electrons. The van der Waals surface area contributed by atoms with E-state index in [9.17, 15) is 4.79 Å². The maximum absolute atomic E-state index is 11.8. The fourth-order valence-electron chi connectivity index (χ4n) is 3.12. The van der Waals surface area contributed by atoms with Gasteiger partial charge in [-0.1, -0.05) is 25.4 Å². The zero-order valence-corrected chi connectivity index (χ0v) is 17.0. The molecule has 1 aliphatic rings. The molecule has 0 saturated heterocycles. The number of aromatic nitrogens is 1. The van der Waals surface area contributed by atoms with Crippen LogP contribution in [0.15, 0.2) is 15.6 Å². The smallest absolute Gasteiger partial charge is 0.223 e. The van der Waals surface area contributed by atoms with Crippen LogP contribution in [0.2, 0.25) is 0 Å². The third kappa shape index (κ3) is 6.88. The predicted octanol–water partition coefficient (Wildman–Crippen LogP) is 2.94. The van der Waals surface area contributed by atoms with Gasteiger partial charge in [-0.2, -0.15) is 0 Å². The molecule has 7 nitrogen and oxygen atoms in total. The molecule has 1 aromatic heterocycles. The van der Waals surface area contributed by atoms with Crippen molar-refractivity contribution in [1.29, 1.82) is 0 Å². The SMILES string of the molecule is CCNC(=NCc1cc(C(CC)CC)no1)NCCCNC(=O)C1CCC1. The summed E-state index contributed by atoms with van der Waals surface area (Å²) in [6.45, 7) is 9.08. The van der Waals surface area contributed by atoms with E-state index in [2.05, 4.69) is 39.9 Å². The molecule has 0 unspecified atom stereocenters. The van der Waals surface area contributed by atoms with Gasteiger partial charge in [0, 0.05) is 37.5 Å². The molecule has 1 heterocycles. The summed E-state index contributed by atoms with van der Waals surface area (Å²) in [5.41, 5.74) is 1.02. The van der Waals surface area contributed by atoms with Gasteiger partial charge in [0.2, 0.25) is 5.91 Å². The third-order valence-electron chi connectivity index (χ3n) is 5.14. The van der Waals surface area contributed by atoms with Gasteiger partial charge < -0.3 is 20.5 Å². The molecule has 1 aromatic rings. The Morgan fingerprint density at radius 2 is 1.96 bits per heavy atom. The van der Waals surface area contributed by atoms with Crippen LogP contribution < -0.4 is 16.0 Å². The van der Waals surface area contributed by atoms with Crippen LogP contribution in [-0.2, 0) is 11.3 Å². The highest BCUT2D eigenvalue weighted by Crippen LogP contribution is 2.26. The highest BCUT2D eigenvalue weighted by Gasteiger charge is 2.24. The van der Waals surface area contributed by atoms with Crippen molar-refractivity contribution < 1.29 is 9.32 Å². The molecular weight excluding hydrogens is 342 g/mol. The van der Waals surface area contributed by atoms with E-state index >= 15 is 0 Å². The van der Waals surface area contributed by atoms with Gasteiger partial charge in [0.05, 0.1) is 5.69 Å². The molecule has 0 aliphatic heterocycles. The van der Waals surface area contributed by atoms with Gasteiger partial charge in [0.25, 0.3) is 0 Å². The molecular formula is C20H35N5O2. The monoisotopic (exact) mass is 377 g/mol. The molecule has 1 aliphatic carbocycles. The Morgan fingerprint density at radius 3 is 2.59 bits per heavy atom. The lowest BCUT2D eigenvalue weighted by Crippen LogP contribution is -2.39. The second kappa shape index (κ2) is 11.6. The van der Waals surface area contributed by atoms with E-state index in [1.165, 1.54) is 6.42 Å². The quantitative estimate of drug-likeness (QED) is 0.313. The number of amides is 1. The van der Waals surface area contributed by atoms with Crippen LogP contribution in [-0.4, -0.2) is 36.7 Å². The lowest BCUT2D eigenvalue weighted by atomic mass is 9.85. The van der Waals surface area contributed by atoms with E-state index in [4.69, 9.17) is 4.52 Å². The first-order valence-electron chi connectivity index (χ1n) is 10.4.